The number of hydrogen-bond donors (Lipinski definition) is 3. The summed E-state index contributed by atoms with van der Waals surface area (Å²) in [6, 6.07) is 11.7. The third-order valence-corrected chi connectivity index (χ3v) is 4.43. The van der Waals surface area contributed by atoms with Gasteiger partial charge < -0.3 is 16.2 Å². The van der Waals surface area contributed by atoms with E-state index in [1.54, 1.807) is 25.1 Å². The van der Waals surface area contributed by atoms with Crippen LogP contribution >= 0.6 is 12.4 Å². The van der Waals surface area contributed by atoms with E-state index in [-0.39, 0.29) is 35.1 Å². The number of primary amides is 1. The SMILES string of the molecule is Cc1c(OC(=O)c2ccccc2[N+](=O)[O-])c(C(N)=O)cc2cc(C(=N)N)ccc12.Cl. The molecule has 0 saturated heterocycles. The lowest BCUT2D eigenvalue weighted by Gasteiger charge is -2.14. The van der Waals surface area contributed by atoms with Crippen LogP contribution in [0, 0.1) is 22.4 Å². The average molecular weight is 429 g/mol. The smallest absolute Gasteiger partial charge is 0.350 e. The zero-order chi connectivity index (χ0) is 21.3. The average Bonchev–Trinajstić information content (AvgIpc) is 2.69. The molecule has 0 aliphatic heterocycles. The predicted octanol–water partition coefficient (Wildman–Crippen LogP) is 3.08. The first-order valence-electron chi connectivity index (χ1n) is 8.38. The molecule has 0 aliphatic rings. The molecule has 0 spiro atoms. The van der Waals surface area contributed by atoms with E-state index in [2.05, 4.69) is 0 Å². The van der Waals surface area contributed by atoms with Crippen molar-refractivity contribution in [2.75, 3.05) is 0 Å². The van der Waals surface area contributed by atoms with Gasteiger partial charge in [0.2, 0.25) is 0 Å². The number of nitro groups is 1. The molecule has 0 saturated carbocycles. The van der Waals surface area contributed by atoms with Gasteiger partial charge in [-0.2, -0.15) is 0 Å². The summed E-state index contributed by atoms with van der Waals surface area (Å²) < 4.78 is 5.39. The Hall–Kier alpha value is -3.98. The quantitative estimate of drug-likeness (QED) is 0.141. The number of nitrogens with two attached hydrogens (primary N) is 2. The fraction of sp³-hybridized carbons (Fsp3) is 0.0500. The van der Waals surface area contributed by atoms with Crippen LogP contribution in [0.2, 0.25) is 0 Å². The molecule has 30 heavy (non-hydrogen) atoms. The van der Waals surface area contributed by atoms with Crippen molar-refractivity contribution in [3.63, 3.8) is 0 Å². The van der Waals surface area contributed by atoms with Gasteiger partial charge in [0.05, 0.1) is 10.5 Å². The number of nitro benzene ring substituents is 1. The zero-order valence-electron chi connectivity index (χ0n) is 15.7. The first-order chi connectivity index (χ1) is 13.7. The first-order valence-corrected chi connectivity index (χ1v) is 8.38. The maximum Gasteiger partial charge on any atom is 0.350 e. The number of nitrogens with one attached hydrogen (secondary N) is 1. The Morgan fingerprint density at radius 3 is 2.33 bits per heavy atom. The summed E-state index contributed by atoms with van der Waals surface area (Å²) in [7, 11) is 0. The third-order valence-electron chi connectivity index (χ3n) is 4.43. The van der Waals surface area contributed by atoms with E-state index in [9.17, 15) is 19.7 Å². The Morgan fingerprint density at radius 1 is 1.07 bits per heavy atom. The minimum Gasteiger partial charge on any atom is -0.422 e. The summed E-state index contributed by atoms with van der Waals surface area (Å²) in [5, 5.41) is 19.9. The van der Waals surface area contributed by atoms with E-state index < -0.39 is 22.5 Å². The second kappa shape index (κ2) is 8.58. The molecule has 0 aromatic heterocycles. The first kappa shape index (κ1) is 22.3. The number of hydrogen-bond acceptors (Lipinski definition) is 6. The summed E-state index contributed by atoms with van der Waals surface area (Å²) in [4.78, 5) is 35.1. The summed E-state index contributed by atoms with van der Waals surface area (Å²) in [6.45, 7) is 1.63. The molecule has 9 nitrogen and oxygen atoms in total. The highest BCUT2D eigenvalue weighted by atomic mass is 35.5. The summed E-state index contributed by atoms with van der Waals surface area (Å²) in [5.41, 5.74) is 11.1. The van der Waals surface area contributed by atoms with Crippen molar-refractivity contribution >= 4 is 46.6 Å². The number of aryl methyl sites for hydroxylation is 1. The van der Waals surface area contributed by atoms with Gasteiger partial charge >= 0.3 is 5.97 Å². The molecule has 0 fully saturated rings. The number of halogens is 1. The molecule has 1 amide bonds. The Bertz CT molecular complexity index is 1210. The summed E-state index contributed by atoms with van der Waals surface area (Å²) in [6.07, 6.45) is 0. The van der Waals surface area contributed by atoms with Crippen LogP contribution in [0.3, 0.4) is 0 Å². The van der Waals surface area contributed by atoms with Gasteiger partial charge in [-0.15, -0.1) is 12.4 Å². The summed E-state index contributed by atoms with van der Waals surface area (Å²) >= 11 is 0. The van der Waals surface area contributed by atoms with Gasteiger partial charge in [-0.05, 0) is 35.9 Å². The van der Waals surface area contributed by atoms with Crippen molar-refractivity contribution in [1.82, 2.24) is 0 Å². The second-order valence-electron chi connectivity index (χ2n) is 6.26. The van der Waals surface area contributed by atoms with Gasteiger partial charge in [0.1, 0.15) is 17.1 Å². The standard InChI is InChI=1S/C20H16N4O5.ClH/c1-10-13-7-6-11(18(21)22)8-12(13)9-15(19(23)25)17(10)29-20(26)14-4-2-3-5-16(14)24(27)28;/h2-9H,1H3,(H3,21,22)(H2,23,25);1H. The maximum absolute atomic E-state index is 12.6. The van der Waals surface area contributed by atoms with E-state index >= 15 is 0 Å². The van der Waals surface area contributed by atoms with E-state index in [0.29, 0.717) is 21.9 Å². The van der Waals surface area contributed by atoms with Gasteiger partial charge in [0.25, 0.3) is 11.6 Å². The molecular formula is C20H17ClN4O5. The highest BCUT2D eigenvalue weighted by Gasteiger charge is 2.24. The molecule has 10 heteroatoms. The number of rotatable bonds is 5. The second-order valence-corrected chi connectivity index (χ2v) is 6.26. The largest absolute Gasteiger partial charge is 0.422 e. The normalized spacial score (nSPS) is 10.2. The number of esters is 1. The van der Waals surface area contributed by atoms with Gasteiger partial charge in [-0.3, -0.25) is 20.3 Å². The van der Waals surface area contributed by atoms with Crippen molar-refractivity contribution in [3.8, 4) is 5.75 Å². The molecule has 0 aliphatic carbocycles. The fourth-order valence-electron chi connectivity index (χ4n) is 3.00. The molecule has 0 atom stereocenters. The zero-order valence-corrected chi connectivity index (χ0v) is 16.5. The molecule has 3 rings (SSSR count). The van der Waals surface area contributed by atoms with Crippen LogP contribution in [-0.4, -0.2) is 22.6 Å². The lowest BCUT2D eigenvalue weighted by atomic mass is 9.97. The van der Waals surface area contributed by atoms with Crippen LogP contribution in [0.5, 0.6) is 5.75 Å². The van der Waals surface area contributed by atoms with Gasteiger partial charge in [0.15, 0.2) is 0 Å². The highest BCUT2D eigenvalue weighted by Crippen LogP contribution is 2.33. The highest BCUT2D eigenvalue weighted by molar-refractivity contribution is 6.06. The van der Waals surface area contributed by atoms with E-state index in [1.165, 1.54) is 30.3 Å². The van der Waals surface area contributed by atoms with Crippen molar-refractivity contribution in [2.45, 2.75) is 6.92 Å². The molecule has 154 valence electrons. The number of nitrogen functional groups attached to an aromatic ring is 1. The van der Waals surface area contributed by atoms with Crippen LogP contribution < -0.4 is 16.2 Å². The molecule has 5 N–H and O–H groups in total. The Labute approximate surface area is 176 Å². The van der Waals surface area contributed by atoms with E-state index in [0.717, 1.165) is 0 Å². The molecule has 3 aromatic rings. The number of amides is 1. The molecular weight excluding hydrogens is 412 g/mol. The number of carbonyl (C=O) groups is 2. The van der Waals surface area contributed by atoms with Crippen LogP contribution in [-0.2, 0) is 0 Å². The number of amidine groups is 1. The number of carbonyl (C=O) groups excluding carboxylic acids is 2. The number of ether oxygens (including phenoxy) is 1. The Morgan fingerprint density at radius 2 is 1.73 bits per heavy atom. The lowest BCUT2D eigenvalue weighted by molar-refractivity contribution is -0.385. The predicted molar refractivity (Wildman–Crippen MR) is 114 cm³/mol. The van der Waals surface area contributed by atoms with E-state index in [1.807, 2.05) is 0 Å². The van der Waals surface area contributed by atoms with Crippen LogP contribution in [0.25, 0.3) is 10.8 Å². The number of nitrogens with zero attached hydrogens (tertiary/aromatic N) is 1. The number of benzene rings is 3. The molecule has 0 bridgehead atoms. The minimum atomic E-state index is -0.984. The fourth-order valence-corrected chi connectivity index (χ4v) is 3.00. The number of fused-ring (bicyclic) bond motifs is 1. The van der Waals surface area contributed by atoms with Crippen molar-refractivity contribution in [1.29, 1.82) is 5.41 Å². The maximum atomic E-state index is 12.6. The monoisotopic (exact) mass is 428 g/mol. The number of para-hydroxylation sites is 1. The van der Waals surface area contributed by atoms with Gasteiger partial charge in [0, 0.05) is 17.2 Å². The topological polar surface area (TPSA) is 162 Å². The Balaban J connectivity index is 0.00000320. The molecule has 3 aromatic carbocycles. The van der Waals surface area contributed by atoms with Crippen LogP contribution in [0.15, 0.2) is 48.5 Å². The summed E-state index contributed by atoms with van der Waals surface area (Å²) in [5.74, 6) is -2.04. The third kappa shape index (κ3) is 4.06. The van der Waals surface area contributed by atoms with Crippen LogP contribution in [0.1, 0.15) is 31.8 Å². The lowest BCUT2D eigenvalue weighted by Crippen LogP contribution is -2.18. The van der Waals surface area contributed by atoms with E-state index in [4.69, 9.17) is 21.6 Å². The minimum absolute atomic E-state index is 0. The van der Waals surface area contributed by atoms with Gasteiger partial charge in [-0.1, -0.05) is 24.3 Å². The Kier molecular flexibility index (Phi) is 6.38. The molecule has 0 heterocycles. The molecule has 0 unspecified atom stereocenters. The van der Waals surface area contributed by atoms with Crippen molar-refractivity contribution in [3.05, 3.63) is 80.9 Å². The van der Waals surface area contributed by atoms with Crippen molar-refractivity contribution in [2.24, 2.45) is 11.5 Å². The van der Waals surface area contributed by atoms with Crippen LogP contribution in [0.4, 0.5) is 5.69 Å². The van der Waals surface area contributed by atoms with Crippen molar-refractivity contribution < 1.29 is 19.2 Å². The molecule has 0 radical (unpaired) electrons. The van der Waals surface area contributed by atoms with Gasteiger partial charge in [-0.25, -0.2) is 4.79 Å².